The van der Waals surface area contributed by atoms with Gasteiger partial charge in [0.15, 0.2) is 0 Å². The fourth-order valence-electron chi connectivity index (χ4n) is 2.87. The van der Waals surface area contributed by atoms with Crippen molar-refractivity contribution in [1.82, 2.24) is 10.9 Å². The molecule has 0 spiro atoms. The number of hydrogen-bond donors (Lipinski definition) is 2. The first-order chi connectivity index (χ1) is 12.0. The largest absolute Gasteiger partial charge is 0.497 e. The van der Waals surface area contributed by atoms with Gasteiger partial charge >= 0.3 is 0 Å². The Balaban J connectivity index is 1.63. The maximum Gasteiger partial charge on any atom is 0.279 e. The van der Waals surface area contributed by atoms with Crippen LogP contribution in [0.2, 0.25) is 0 Å². The first-order valence-electron chi connectivity index (χ1n) is 8.03. The predicted molar refractivity (Wildman–Crippen MR) is 93.4 cm³/mol. The van der Waals surface area contributed by atoms with Gasteiger partial charge < -0.3 is 4.74 Å². The first kappa shape index (κ1) is 17.4. The summed E-state index contributed by atoms with van der Waals surface area (Å²) in [5.74, 6) is -0.892. The van der Waals surface area contributed by atoms with E-state index in [9.17, 15) is 14.0 Å². The smallest absolute Gasteiger partial charge is 0.279 e. The molecule has 5 nitrogen and oxygen atoms in total. The summed E-state index contributed by atoms with van der Waals surface area (Å²) < 4.78 is 18.8. The Hall–Kier alpha value is -2.41. The number of carbonyl (C=O) groups is 2. The van der Waals surface area contributed by atoms with E-state index in [0.29, 0.717) is 16.5 Å². The molecule has 132 valence electrons. The van der Waals surface area contributed by atoms with Gasteiger partial charge in [0.25, 0.3) is 11.8 Å². The molecule has 1 heterocycles. The molecule has 1 aromatic heterocycles. The number of fused-ring (bicyclic) bond motifs is 1. The molecule has 25 heavy (non-hydrogen) atoms. The predicted octanol–water partition coefficient (Wildman–Crippen LogP) is 3.10. The van der Waals surface area contributed by atoms with Gasteiger partial charge in [-0.1, -0.05) is 6.92 Å². The molecule has 1 aromatic carbocycles. The topological polar surface area (TPSA) is 67.4 Å². The lowest BCUT2D eigenvalue weighted by molar-refractivity contribution is 0.0846. The number of ether oxygens (including phenoxy) is 1. The summed E-state index contributed by atoms with van der Waals surface area (Å²) in [5.41, 5.74) is 5.64. The van der Waals surface area contributed by atoms with Crippen molar-refractivity contribution in [3.8, 4) is 5.75 Å². The molecule has 7 heteroatoms. The number of thiophene rings is 1. The average molecular weight is 362 g/mol. The molecule has 0 fully saturated rings. The molecule has 0 saturated carbocycles. The maximum atomic E-state index is 13.9. The van der Waals surface area contributed by atoms with E-state index in [-0.39, 0.29) is 5.56 Å². The maximum absolute atomic E-state index is 13.9. The Morgan fingerprint density at radius 1 is 1.24 bits per heavy atom. The molecule has 0 radical (unpaired) electrons. The van der Waals surface area contributed by atoms with Gasteiger partial charge in [-0.3, -0.25) is 20.4 Å². The quantitative estimate of drug-likeness (QED) is 0.825. The van der Waals surface area contributed by atoms with Gasteiger partial charge in [0.05, 0.1) is 17.6 Å². The molecule has 3 rings (SSSR count). The van der Waals surface area contributed by atoms with Crippen LogP contribution in [0.15, 0.2) is 24.3 Å². The fourth-order valence-corrected chi connectivity index (χ4v) is 3.97. The van der Waals surface area contributed by atoms with Crippen LogP contribution in [0.1, 0.15) is 43.8 Å². The number of hydrazine groups is 1. The van der Waals surface area contributed by atoms with Gasteiger partial charge in [-0.05, 0) is 48.9 Å². The minimum atomic E-state index is -0.719. The lowest BCUT2D eigenvalue weighted by atomic mass is 9.90. The molecular formula is C18H19FN2O3S. The van der Waals surface area contributed by atoms with Crippen molar-refractivity contribution in [3.63, 3.8) is 0 Å². The number of benzene rings is 1. The molecule has 2 N–H and O–H groups in total. The Bertz CT molecular complexity index is 819. The van der Waals surface area contributed by atoms with E-state index in [2.05, 4.69) is 17.8 Å². The lowest BCUT2D eigenvalue weighted by Crippen LogP contribution is -2.41. The van der Waals surface area contributed by atoms with Crippen LogP contribution in [0.5, 0.6) is 5.75 Å². The van der Waals surface area contributed by atoms with Gasteiger partial charge in [-0.2, -0.15) is 0 Å². The SMILES string of the molecule is COc1ccc(C(=O)NNC(=O)c2cc3c(s2)CC[C@H](C)C3)c(F)c1. The number of rotatable bonds is 3. The van der Waals surface area contributed by atoms with Crippen LogP contribution in [-0.4, -0.2) is 18.9 Å². The van der Waals surface area contributed by atoms with Gasteiger partial charge in [0.2, 0.25) is 0 Å². The van der Waals surface area contributed by atoms with Crippen molar-refractivity contribution in [2.24, 2.45) is 5.92 Å². The summed E-state index contributed by atoms with van der Waals surface area (Å²) in [4.78, 5) is 26.1. The number of methoxy groups -OCH3 is 1. The van der Waals surface area contributed by atoms with Crippen LogP contribution < -0.4 is 15.6 Å². The van der Waals surface area contributed by atoms with Crippen molar-refractivity contribution in [3.05, 3.63) is 51.0 Å². The zero-order valence-electron chi connectivity index (χ0n) is 14.0. The first-order valence-corrected chi connectivity index (χ1v) is 8.85. The van der Waals surface area contributed by atoms with Crippen molar-refractivity contribution in [2.75, 3.05) is 7.11 Å². The highest BCUT2D eigenvalue weighted by molar-refractivity contribution is 7.14. The van der Waals surface area contributed by atoms with E-state index in [1.807, 2.05) is 6.07 Å². The average Bonchev–Trinajstić information content (AvgIpc) is 3.02. The van der Waals surface area contributed by atoms with Crippen molar-refractivity contribution in [1.29, 1.82) is 0 Å². The summed E-state index contributed by atoms with van der Waals surface area (Å²) in [7, 11) is 1.41. The van der Waals surface area contributed by atoms with Crippen LogP contribution in [-0.2, 0) is 12.8 Å². The normalized spacial score (nSPS) is 16.0. The lowest BCUT2D eigenvalue weighted by Gasteiger charge is -2.16. The minimum absolute atomic E-state index is 0.166. The van der Waals surface area contributed by atoms with Gasteiger partial charge in [-0.25, -0.2) is 4.39 Å². The highest BCUT2D eigenvalue weighted by Crippen LogP contribution is 2.32. The number of hydrogen-bond acceptors (Lipinski definition) is 4. The molecule has 1 aliphatic carbocycles. The van der Waals surface area contributed by atoms with E-state index >= 15 is 0 Å². The van der Waals surface area contributed by atoms with Gasteiger partial charge in [0, 0.05) is 10.9 Å². The molecule has 1 atom stereocenters. The highest BCUT2D eigenvalue weighted by atomic mass is 32.1. The molecule has 1 aliphatic rings. The van der Waals surface area contributed by atoms with Crippen LogP contribution >= 0.6 is 11.3 Å². The molecule has 0 aliphatic heterocycles. The molecule has 0 unspecified atom stereocenters. The summed E-state index contributed by atoms with van der Waals surface area (Å²) in [6, 6.07) is 5.78. The second kappa shape index (κ2) is 7.23. The van der Waals surface area contributed by atoms with Gasteiger partial charge in [-0.15, -0.1) is 11.3 Å². The van der Waals surface area contributed by atoms with E-state index in [4.69, 9.17) is 4.74 Å². The van der Waals surface area contributed by atoms with Crippen molar-refractivity contribution >= 4 is 23.2 Å². The van der Waals surface area contributed by atoms with Crippen LogP contribution in [0.3, 0.4) is 0 Å². The number of amides is 2. The second-order valence-electron chi connectivity index (χ2n) is 6.16. The molecule has 0 bridgehead atoms. The van der Waals surface area contributed by atoms with Crippen LogP contribution in [0, 0.1) is 11.7 Å². The fraction of sp³-hybridized carbons (Fsp3) is 0.333. The number of carbonyl (C=O) groups excluding carboxylic acids is 2. The zero-order chi connectivity index (χ0) is 18.0. The third kappa shape index (κ3) is 3.82. The Morgan fingerprint density at radius 2 is 2.00 bits per heavy atom. The second-order valence-corrected chi connectivity index (χ2v) is 7.30. The van der Waals surface area contributed by atoms with E-state index < -0.39 is 17.6 Å². The number of aryl methyl sites for hydroxylation is 1. The standard InChI is InChI=1S/C18H19FN2O3S/c1-10-3-6-15-11(7-10)8-16(25-15)18(23)21-20-17(22)13-5-4-12(24-2)9-14(13)19/h4-5,8-10H,3,6-7H2,1-2H3,(H,20,22)(H,21,23)/t10-/m0/s1. The Labute approximate surface area is 149 Å². The van der Waals surface area contributed by atoms with Crippen molar-refractivity contribution in [2.45, 2.75) is 26.2 Å². The summed E-state index contributed by atoms with van der Waals surface area (Å²) in [6.07, 6.45) is 3.09. The minimum Gasteiger partial charge on any atom is -0.497 e. The van der Waals surface area contributed by atoms with E-state index in [1.54, 1.807) is 0 Å². The number of nitrogens with one attached hydrogen (secondary N) is 2. The zero-order valence-corrected chi connectivity index (χ0v) is 14.8. The summed E-state index contributed by atoms with van der Waals surface area (Å²) >= 11 is 1.45. The Morgan fingerprint density at radius 3 is 2.72 bits per heavy atom. The molecule has 0 saturated heterocycles. The summed E-state index contributed by atoms with van der Waals surface area (Å²) in [5, 5.41) is 0. The third-order valence-electron chi connectivity index (χ3n) is 4.26. The van der Waals surface area contributed by atoms with E-state index in [0.717, 1.165) is 25.3 Å². The molecular weight excluding hydrogens is 343 g/mol. The monoisotopic (exact) mass is 362 g/mol. The van der Waals surface area contributed by atoms with Crippen molar-refractivity contribution < 1.29 is 18.7 Å². The van der Waals surface area contributed by atoms with E-state index in [1.165, 1.54) is 41.0 Å². The summed E-state index contributed by atoms with van der Waals surface area (Å²) in [6.45, 7) is 2.20. The third-order valence-corrected chi connectivity index (χ3v) is 5.50. The number of halogens is 1. The molecule has 2 amide bonds. The highest BCUT2D eigenvalue weighted by Gasteiger charge is 2.21. The van der Waals surface area contributed by atoms with Crippen LogP contribution in [0.25, 0.3) is 0 Å². The van der Waals surface area contributed by atoms with Crippen LogP contribution in [0.4, 0.5) is 4.39 Å². The molecule has 2 aromatic rings. The Kier molecular flexibility index (Phi) is 5.03. The van der Waals surface area contributed by atoms with Gasteiger partial charge in [0.1, 0.15) is 11.6 Å².